The van der Waals surface area contributed by atoms with Crippen LogP contribution in [0.4, 0.5) is 17.3 Å². The minimum absolute atomic E-state index is 0.0669. The van der Waals surface area contributed by atoms with Crippen molar-refractivity contribution in [1.82, 2.24) is 9.97 Å². The summed E-state index contributed by atoms with van der Waals surface area (Å²) in [6.45, 7) is 1.82. The van der Waals surface area contributed by atoms with E-state index in [0.717, 1.165) is 11.3 Å². The summed E-state index contributed by atoms with van der Waals surface area (Å²) in [4.78, 5) is 22.8. The van der Waals surface area contributed by atoms with E-state index < -0.39 is 15.0 Å². The van der Waals surface area contributed by atoms with Crippen LogP contribution >= 0.6 is 11.6 Å². The molecular formula is C28H23ClN6O5S. The Morgan fingerprint density at radius 1 is 0.951 bits per heavy atom. The zero-order valence-corrected chi connectivity index (χ0v) is 23.1. The molecule has 41 heavy (non-hydrogen) atoms. The molecule has 0 radical (unpaired) electrons. The fourth-order valence-corrected chi connectivity index (χ4v) is 4.37. The second kappa shape index (κ2) is 12.5. The molecule has 0 aliphatic heterocycles. The molecule has 1 aromatic heterocycles. The Labute approximate surface area is 240 Å². The third kappa shape index (κ3) is 7.60. The fourth-order valence-electron chi connectivity index (χ4n) is 3.73. The van der Waals surface area contributed by atoms with E-state index in [1.54, 1.807) is 48.5 Å². The summed E-state index contributed by atoms with van der Waals surface area (Å²) >= 11 is 6.16. The number of halogens is 1. The average molecular weight is 591 g/mol. The number of rotatable bonds is 5. The van der Waals surface area contributed by atoms with Gasteiger partial charge < -0.3 is 10.3 Å². The van der Waals surface area contributed by atoms with Crippen molar-refractivity contribution in [3.8, 4) is 11.3 Å². The highest BCUT2D eigenvalue weighted by Crippen LogP contribution is 2.34. The molecule has 0 bridgehead atoms. The summed E-state index contributed by atoms with van der Waals surface area (Å²) in [5, 5.41) is 15.6. The molecular weight excluding hydrogens is 568 g/mol. The lowest BCUT2D eigenvalue weighted by Crippen LogP contribution is -2.72. The average Bonchev–Trinajstić information content (AvgIpc) is 2.93. The molecule has 208 valence electrons. The minimum atomic E-state index is -4.27. The van der Waals surface area contributed by atoms with Crippen LogP contribution in [0.2, 0.25) is 5.02 Å². The predicted molar refractivity (Wildman–Crippen MR) is 156 cm³/mol. The standard InChI is InChI=1S/C21H15ClN6O2.C7H8O3S/c22-13-10-11-17-16(12-13)19(15-8-4-5-9-18(15)28(29)30)26-21(25-17)27-20(23)24-14-6-2-1-3-7-14;1-6-2-4-7(5-3-6)11(8,9)10/h1-12H,(H3,23,24,25,26,27);2-5H,1H3,(H,8,9,10). The van der Waals surface area contributed by atoms with Gasteiger partial charge in [0.05, 0.1) is 21.1 Å². The molecule has 0 aliphatic carbocycles. The van der Waals surface area contributed by atoms with Crippen LogP contribution in [0.3, 0.4) is 0 Å². The van der Waals surface area contributed by atoms with Crippen molar-refractivity contribution < 1.29 is 22.9 Å². The SMILES string of the molecule is Cc1ccc(S(=O)(=O)[O-])cc1.N/C(Nc1ccccc1)=[NH+]\c1nc(-c2ccccc2[N+](=O)[O-])c2cc(Cl)ccc2n1. The number of fused-ring (bicyclic) bond motifs is 1. The quantitative estimate of drug-likeness (QED) is 0.0899. The molecule has 5 aromatic rings. The minimum Gasteiger partial charge on any atom is -0.744 e. The second-order valence-electron chi connectivity index (χ2n) is 8.63. The lowest BCUT2D eigenvalue weighted by Gasteiger charge is -2.06. The topological polar surface area (TPSA) is 178 Å². The highest BCUT2D eigenvalue weighted by Gasteiger charge is 2.22. The van der Waals surface area contributed by atoms with Crippen molar-refractivity contribution in [1.29, 1.82) is 0 Å². The van der Waals surface area contributed by atoms with E-state index in [2.05, 4.69) is 20.3 Å². The van der Waals surface area contributed by atoms with Crippen LogP contribution in [0.1, 0.15) is 5.56 Å². The number of hydrogen-bond acceptors (Lipinski definition) is 7. The third-order valence-corrected chi connectivity index (χ3v) is 6.71. The number of guanidine groups is 1. The van der Waals surface area contributed by atoms with Crippen LogP contribution in [0.15, 0.2) is 102 Å². The van der Waals surface area contributed by atoms with Gasteiger partial charge in [-0.25, -0.2) is 13.4 Å². The molecule has 0 fully saturated rings. The summed E-state index contributed by atoms with van der Waals surface area (Å²) in [5.41, 5.74) is 9.01. The summed E-state index contributed by atoms with van der Waals surface area (Å²) in [6.07, 6.45) is 0. The van der Waals surface area contributed by atoms with E-state index in [4.69, 9.17) is 17.3 Å². The van der Waals surface area contributed by atoms with Crippen molar-refractivity contribution in [3.05, 3.63) is 118 Å². The Hall–Kier alpha value is -4.91. The zero-order chi connectivity index (χ0) is 29.6. The Bertz CT molecular complexity index is 1850. The summed E-state index contributed by atoms with van der Waals surface area (Å²) in [5.74, 6) is 0.405. The van der Waals surface area contributed by atoms with Crippen LogP contribution in [-0.4, -0.2) is 33.8 Å². The van der Waals surface area contributed by atoms with Gasteiger partial charge in [0.1, 0.15) is 21.3 Å². The summed E-state index contributed by atoms with van der Waals surface area (Å²) < 4.78 is 31.2. The van der Waals surface area contributed by atoms with Gasteiger partial charge >= 0.3 is 5.95 Å². The molecule has 1 heterocycles. The van der Waals surface area contributed by atoms with Crippen LogP contribution in [-0.2, 0) is 10.1 Å². The number of nitrogens with two attached hydrogens (primary N) is 1. The van der Waals surface area contributed by atoms with Crippen LogP contribution in [0.5, 0.6) is 0 Å². The van der Waals surface area contributed by atoms with Gasteiger partial charge in [0.25, 0.3) is 11.6 Å². The van der Waals surface area contributed by atoms with Crippen LogP contribution in [0.25, 0.3) is 22.2 Å². The van der Waals surface area contributed by atoms with Crippen molar-refractivity contribution in [2.24, 2.45) is 5.73 Å². The molecule has 4 N–H and O–H groups in total. The molecule has 0 atom stereocenters. The van der Waals surface area contributed by atoms with Crippen molar-refractivity contribution in [3.63, 3.8) is 0 Å². The summed E-state index contributed by atoms with van der Waals surface area (Å²) in [7, 11) is -4.27. The largest absolute Gasteiger partial charge is 0.744 e. The third-order valence-electron chi connectivity index (χ3n) is 5.62. The van der Waals surface area contributed by atoms with Gasteiger partial charge in [-0.3, -0.25) is 15.4 Å². The van der Waals surface area contributed by atoms with Gasteiger partial charge in [0.15, 0.2) is 0 Å². The number of nitrogens with one attached hydrogen (secondary N) is 2. The maximum Gasteiger partial charge on any atom is 0.354 e. The highest BCUT2D eigenvalue weighted by molar-refractivity contribution is 7.85. The van der Waals surface area contributed by atoms with Gasteiger partial charge in [0, 0.05) is 16.5 Å². The van der Waals surface area contributed by atoms with E-state index in [1.807, 2.05) is 37.3 Å². The first-order valence-corrected chi connectivity index (χ1v) is 13.7. The van der Waals surface area contributed by atoms with Crippen LogP contribution < -0.4 is 16.0 Å². The molecule has 0 amide bonds. The summed E-state index contributed by atoms with van der Waals surface area (Å²) in [6, 6.07) is 26.6. The van der Waals surface area contributed by atoms with E-state index >= 15 is 0 Å². The maximum absolute atomic E-state index is 11.6. The Kier molecular flexibility index (Phi) is 8.87. The molecule has 11 nitrogen and oxygen atoms in total. The fraction of sp³-hybridized carbons (Fsp3) is 0.0357. The Morgan fingerprint density at radius 3 is 2.27 bits per heavy atom. The first kappa shape index (κ1) is 29.1. The number of anilines is 1. The zero-order valence-electron chi connectivity index (χ0n) is 21.5. The lowest BCUT2D eigenvalue weighted by molar-refractivity contribution is -0.384. The van der Waals surface area contributed by atoms with E-state index in [-0.39, 0.29) is 22.5 Å². The normalized spacial score (nSPS) is 11.4. The van der Waals surface area contributed by atoms with Crippen molar-refractivity contribution in [2.45, 2.75) is 11.8 Å². The highest BCUT2D eigenvalue weighted by atomic mass is 35.5. The molecule has 13 heteroatoms. The molecule has 0 saturated heterocycles. The number of nitro benzene ring substituents is 1. The van der Waals surface area contributed by atoms with E-state index in [9.17, 15) is 23.1 Å². The molecule has 0 saturated carbocycles. The van der Waals surface area contributed by atoms with Gasteiger partial charge in [0.2, 0.25) is 0 Å². The second-order valence-corrected chi connectivity index (χ2v) is 10.4. The van der Waals surface area contributed by atoms with Crippen molar-refractivity contribution in [2.75, 3.05) is 5.32 Å². The monoisotopic (exact) mass is 590 g/mol. The predicted octanol–water partition coefficient (Wildman–Crippen LogP) is 3.90. The van der Waals surface area contributed by atoms with Gasteiger partial charge in [-0.2, -0.15) is 0 Å². The van der Waals surface area contributed by atoms with Crippen LogP contribution in [0, 0.1) is 17.0 Å². The number of aryl methyl sites for hydroxylation is 1. The lowest BCUT2D eigenvalue weighted by atomic mass is 10.0. The van der Waals surface area contributed by atoms with Gasteiger partial charge in [-0.1, -0.05) is 59.6 Å². The maximum atomic E-state index is 11.6. The molecule has 0 unspecified atom stereocenters. The van der Waals surface area contributed by atoms with Gasteiger partial charge in [-0.05, 0) is 55.5 Å². The first-order chi connectivity index (χ1) is 19.5. The smallest absolute Gasteiger partial charge is 0.354 e. The number of hydrogen-bond donors (Lipinski definition) is 3. The molecule has 0 spiro atoms. The number of aromatic nitrogens is 2. The number of nitro groups is 1. The number of para-hydroxylation sites is 2. The van der Waals surface area contributed by atoms with E-state index in [0.29, 0.717) is 27.2 Å². The Balaban J connectivity index is 0.000000296. The van der Waals surface area contributed by atoms with Crippen molar-refractivity contribution >= 4 is 55.9 Å². The first-order valence-electron chi connectivity index (χ1n) is 12.0. The van der Waals surface area contributed by atoms with Gasteiger partial charge in [-0.15, -0.1) is 9.97 Å². The number of benzene rings is 4. The molecule has 4 aromatic carbocycles. The van der Waals surface area contributed by atoms with E-state index in [1.165, 1.54) is 18.2 Å². The molecule has 0 aliphatic rings. The number of nitrogens with zero attached hydrogens (tertiary/aromatic N) is 3. The Morgan fingerprint density at radius 2 is 1.61 bits per heavy atom. The molecule has 5 rings (SSSR count).